The van der Waals surface area contributed by atoms with Crippen molar-refractivity contribution in [3.63, 3.8) is 0 Å². The second-order valence-corrected chi connectivity index (χ2v) is 11.1. The lowest BCUT2D eigenvalue weighted by Gasteiger charge is -2.24. The lowest BCUT2D eigenvalue weighted by atomic mass is 9.96. The Bertz CT molecular complexity index is 1440. The predicted molar refractivity (Wildman–Crippen MR) is 148 cm³/mol. The first-order valence-corrected chi connectivity index (χ1v) is 14.4. The summed E-state index contributed by atoms with van der Waals surface area (Å²) in [6.45, 7) is 0.457. The summed E-state index contributed by atoms with van der Waals surface area (Å²) in [5, 5.41) is -0.161. The summed E-state index contributed by atoms with van der Waals surface area (Å²) < 4.78 is 53.6. The number of hydrogen-bond donors (Lipinski definition) is 1. The molecule has 1 N–H and O–H groups in total. The molecular weight excluding hydrogens is 484 g/mol. The van der Waals surface area contributed by atoms with Gasteiger partial charge in [0.15, 0.2) is 5.03 Å². The zero-order valence-corrected chi connectivity index (χ0v) is 22.1. The summed E-state index contributed by atoms with van der Waals surface area (Å²) >= 11 is 0. The SMILES string of the molecule is [2H]C([2H])([2H])c1ccc2nc1-c1ccccc1CCCCCCCN(CCCC(C)=O)c1cccc(n1)S(=O)(=O)N2. The molecule has 1 aromatic carbocycles. The van der Waals surface area contributed by atoms with E-state index in [9.17, 15) is 13.2 Å². The van der Waals surface area contributed by atoms with Gasteiger partial charge in [-0.15, -0.1) is 0 Å². The van der Waals surface area contributed by atoms with Gasteiger partial charge in [0.2, 0.25) is 0 Å². The predicted octanol–water partition coefficient (Wildman–Crippen LogP) is 5.94. The van der Waals surface area contributed by atoms with Crippen LogP contribution in [0.3, 0.4) is 0 Å². The molecule has 3 aromatic rings. The fourth-order valence-electron chi connectivity index (χ4n) is 4.62. The summed E-state index contributed by atoms with van der Waals surface area (Å²) in [6, 6.07) is 15.2. The number of nitrogens with one attached hydrogen (secondary N) is 1. The van der Waals surface area contributed by atoms with Crippen LogP contribution in [0.5, 0.6) is 0 Å². The molecule has 2 aromatic heterocycles. The van der Waals surface area contributed by atoms with Crippen molar-refractivity contribution in [2.75, 3.05) is 22.7 Å². The molecule has 0 fully saturated rings. The van der Waals surface area contributed by atoms with E-state index in [1.54, 1.807) is 19.1 Å². The highest BCUT2D eigenvalue weighted by atomic mass is 32.2. The molecule has 37 heavy (non-hydrogen) atoms. The molecule has 196 valence electrons. The van der Waals surface area contributed by atoms with Crippen LogP contribution in [0.2, 0.25) is 0 Å². The van der Waals surface area contributed by atoms with Crippen molar-refractivity contribution in [3.05, 3.63) is 65.7 Å². The number of anilines is 2. The first-order valence-electron chi connectivity index (χ1n) is 14.4. The largest absolute Gasteiger partial charge is 0.357 e. The molecule has 7 nitrogen and oxygen atoms in total. The number of benzene rings is 1. The Kier molecular flexibility index (Phi) is 7.63. The molecule has 0 aliphatic carbocycles. The van der Waals surface area contributed by atoms with Crippen molar-refractivity contribution in [3.8, 4) is 11.3 Å². The number of aromatic nitrogens is 2. The van der Waals surface area contributed by atoms with E-state index in [1.165, 1.54) is 18.2 Å². The Morgan fingerprint density at radius 1 is 1.00 bits per heavy atom. The van der Waals surface area contributed by atoms with Crippen molar-refractivity contribution in [1.82, 2.24) is 9.97 Å². The molecule has 0 saturated carbocycles. The van der Waals surface area contributed by atoms with Crippen LogP contribution in [0.1, 0.15) is 67.1 Å². The normalized spacial score (nSPS) is 17.6. The maximum absolute atomic E-state index is 13.4. The van der Waals surface area contributed by atoms with Crippen molar-refractivity contribution < 1.29 is 17.3 Å². The maximum Gasteiger partial charge on any atom is 0.280 e. The first-order chi connectivity index (χ1) is 19.0. The molecule has 1 aliphatic rings. The Balaban J connectivity index is 1.76. The minimum atomic E-state index is -4.13. The number of carbonyl (C=O) groups excluding carboxylic acids is 1. The van der Waals surface area contributed by atoms with Gasteiger partial charge in [-0.3, -0.25) is 4.72 Å². The van der Waals surface area contributed by atoms with Gasteiger partial charge in [-0.05, 0) is 68.8 Å². The number of fused-ring (bicyclic) bond motifs is 6. The molecule has 0 radical (unpaired) electrons. The number of nitrogens with zero attached hydrogens (tertiary/aromatic N) is 3. The number of hydrogen-bond acceptors (Lipinski definition) is 6. The maximum atomic E-state index is 13.4. The number of rotatable bonds is 4. The van der Waals surface area contributed by atoms with Crippen LogP contribution >= 0.6 is 0 Å². The van der Waals surface area contributed by atoms with E-state index in [2.05, 4.69) is 14.7 Å². The first kappa shape index (κ1) is 22.9. The van der Waals surface area contributed by atoms with Crippen molar-refractivity contribution in [2.45, 2.75) is 70.2 Å². The Labute approximate surface area is 224 Å². The molecule has 0 amide bonds. The van der Waals surface area contributed by atoms with Gasteiger partial charge in [-0.25, -0.2) is 9.97 Å². The third-order valence-electron chi connectivity index (χ3n) is 6.55. The fraction of sp³-hybridized carbons (Fsp3) is 0.414. The van der Waals surface area contributed by atoms with E-state index in [4.69, 9.17) is 4.11 Å². The summed E-state index contributed by atoms with van der Waals surface area (Å²) in [5.41, 5.74) is 1.98. The summed E-state index contributed by atoms with van der Waals surface area (Å²) in [5.74, 6) is 0.671. The molecule has 0 unspecified atom stereocenters. The molecule has 4 bridgehead atoms. The summed E-state index contributed by atoms with van der Waals surface area (Å²) in [4.78, 5) is 22.6. The summed E-state index contributed by atoms with van der Waals surface area (Å²) in [6.07, 6.45) is 6.83. The second kappa shape index (κ2) is 12.3. The van der Waals surface area contributed by atoms with Gasteiger partial charge in [0.25, 0.3) is 10.0 Å². The van der Waals surface area contributed by atoms with Crippen molar-refractivity contribution in [2.24, 2.45) is 0 Å². The van der Waals surface area contributed by atoms with Crippen LogP contribution in [0.25, 0.3) is 11.3 Å². The molecule has 0 saturated heterocycles. The minimum absolute atomic E-state index is 0.0180. The number of pyridine rings is 2. The van der Waals surface area contributed by atoms with Gasteiger partial charge in [0.1, 0.15) is 17.4 Å². The number of Topliss-reactive ketones (excluding diaryl/α,β-unsaturated/α-hetero) is 1. The van der Waals surface area contributed by atoms with Crippen LogP contribution in [0.4, 0.5) is 11.6 Å². The third kappa shape index (κ3) is 7.16. The fourth-order valence-corrected chi connectivity index (χ4v) is 5.58. The topological polar surface area (TPSA) is 92.3 Å². The average Bonchev–Trinajstić information content (AvgIpc) is 2.90. The minimum Gasteiger partial charge on any atom is -0.357 e. The number of sulfonamides is 1. The average molecular weight is 524 g/mol. The van der Waals surface area contributed by atoms with E-state index in [-0.39, 0.29) is 27.9 Å². The molecule has 4 rings (SSSR count). The quantitative estimate of drug-likeness (QED) is 0.455. The Morgan fingerprint density at radius 2 is 1.81 bits per heavy atom. The van der Waals surface area contributed by atoms with Gasteiger partial charge in [-0.2, -0.15) is 8.42 Å². The Hall–Kier alpha value is -3.26. The molecule has 0 atom stereocenters. The van der Waals surface area contributed by atoms with Crippen LogP contribution in [-0.2, 0) is 21.2 Å². The summed E-state index contributed by atoms with van der Waals surface area (Å²) in [7, 11) is -4.13. The third-order valence-corrected chi connectivity index (χ3v) is 7.80. The number of aryl methyl sites for hydroxylation is 2. The lowest BCUT2D eigenvalue weighted by Crippen LogP contribution is -2.28. The standard InChI is InChI=1S/C29H36N4O3S/c1-22-18-19-26-30-29(22)25-15-8-7-14-24(25)13-6-4-3-5-9-20-33(21-11-12-23(2)34)27-16-10-17-28(31-27)37(35,36)32-26/h7-8,10,14-19H,3-6,9,11-13,20-21H2,1-2H3,(H,30,32)/i1D3. The van der Waals surface area contributed by atoms with Crippen molar-refractivity contribution in [1.29, 1.82) is 0 Å². The van der Waals surface area contributed by atoms with Gasteiger partial charge >= 0.3 is 0 Å². The highest BCUT2D eigenvalue weighted by Gasteiger charge is 2.20. The van der Waals surface area contributed by atoms with Crippen molar-refractivity contribution >= 4 is 27.4 Å². The van der Waals surface area contributed by atoms with Crippen LogP contribution in [-0.4, -0.2) is 37.3 Å². The molecular formula is C29H36N4O3S. The van der Waals surface area contributed by atoms with E-state index < -0.39 is 16.9 Å². The van der Waals surface area contributed by atoms with E-state index >= 15 is 0 Å². The molecule has 3 heterocycles. The van der Waals surface area contributed by atoms with Gasteiger partial charge < -0.3 is 9.69 Å². The highest BCUT2D eigenvalue weighted by Crippen LogP contribution is 2.29. The highest BCUT2D eigenvalue weighted by molar-refractivity contribution is 7.92. The van der Waals surface area contributed by atoms with Gasteiger partial charge in [-0.1, -0.05) is 55.7 Å². The van der Waals surface area contributed by atoms with Gasteiger partial charge in [0.05, 0.1) is 5.69 Å². The van der Waals surface area contributed by atoms with Crippen LogP contribution < -0.4 is 9.62 Å². The monoisotopic (exact) mass is 523 g/mol. The van der Waals surface area contributed by atoms with E-state index in [0.717, 1.165) is 44.1 Å². The Morgan fingerprint density at radius 3 is 2.65 bits per heavy atom. The number of ketones is 1. The van der Waals surface area contributed by atoms with Crippen LogP contribution in [0, 0.1) is 6.85 Å². The number of carbonyl (C=O) groups is 1. The smallest absolute Gasteiger partial charge is 0.280 e. The van der Waals surface area contributed by atoms with E-state index in [0.29, 0.717) is 37.3 Å². The van der Waals surface area contributed by atoms with E-state index in [1.807, 2.05) is 29.2 Å². The lowest BCUT2D eigenvalue weighted by molar-refractivity contribution is -0.117. The zero-order chi connectivity index (χ0) is 28.8. The molecule has 0 spiro atoms. The molecule has 8 heteroatoms. The molecule has 1 aliphatic heterocycles. The zero-order valence-electron chi connectivity index (χ0n) is 24.2. The van der Waals surface area contributed by atoms with Crippen LogP contribution in [0.15, 0.2) is 59.6 Å². The second-order valence-electron chi connectivity index (χ2n) is 9.50. The van der Waals surface area contributed by atoms with Gasteiger partial charge in [0, 0.05) is 29.2 Å².